The molecule has 1 aromatic carbocycles. The molecule has 3 aromatic rings. The van der Waals surface area contributed by atoms with E-state index in [1.807, 2.05) is 35.4 Å². The molecular weight excluding hydrogens is 365 g/mol. The molecule has 1 aliphatic heterocycles. The van der Waals surface area contributed by atoms with Crippen molar-refractivity contribution < 1.29 is 4.39 Å². The number of pyridine rings is 1. The number of nitrogens with zero attached hydrogens (tertiary/aromatic N) is 3. The lowest BCUT2D eigenvalue weighted by Crippen LogP contribution is -2.20. The lowest BCUT2D eigenvalue weighted by Gasteiger charge is -2.15. The van der Waals surface area contributed by atoms with Gasteiger partial charge in [-0.3, -0.25) is 0 Å². The van der Waals surface area contributed by atoms with Gasteiger partial charge in [-0.25, -0.2) is 14.4 Å². The highest BCUT2D eigenvalue weighted by Gasteiger charge is 2.22. The van der Waals surface area contributed by atoms with Crippen LogP contribution in [-0.4, -0.2) is 29.2 Å². The van der Waals surface area contributed by atoms with E-state index >= 15 is 0 Å². The van der Waals surface area contributed by atoms with Crippen molar-refractivity contribution in [3.63, 3.8) is 0 Å². The van der Waals surface area contributed by atoms with Crippen LogP contribution in [0.1, 0.15) is 6.42 Å². The summed E-state index contributed by atoms with van der Waals surface area (Å²) in [7, 11) is 0. The third-order valence-corrected chi connectivity index (χ3v) is 5.36. The van der Waals surface area contributed by atoms with Gasteiger partial charge in [0.2, 0.25) is 0 Å². The van der Waals surface area contributed by atoms with Crippen molar-refractivity contribution in [2.45, 2.75) is 12.6 Å². The molecule has 112 valence electrons. The highest BCUT2D eigenvalue weighted by atomic mass is 79.9. The van der Waals surface area contributed by atoms with E-state index in [-0.39, 0.29) is 0 Å². The molecule has 1 saturated heterocycles. The van der Waals surface area contributed by atoms with Gasteiger partial charge in [0.25, 0.3) is 0 Å². The molecule has 0 bridgehead atoms. The van der Waals surface area contributed by atoms with Crippen LogP contribution in [0.2, 0.25) is 0 Å². The molecule has 3 heterocycles. The predicted octanol–water partition coefficient (Wildman–Crippen LogP) is 4.67. The van der Waals surface area contributed by atoms with E-state index in [1.54, 1.807) is 11.3 Å². The van der Waals surface area contributed by atoms with E-state index < -0.39 is 6.17 Å². The van der Waals surface area contributed by atoms with Crippen LogP contribution in [0, 0.1) is 0 Å². The molecule has 0 N–H and O–H groups in total. The molecule has 1 fully saturated rings. The smallest absolute Gasteiger partial charge is 0.128 e. The molecule has 6 heteroatoms. The summed E-state index contributed by atoms with van der Waals surface area (Å²) >= 11 is 5.13. The van der Waals surface area contributed by atoms with Crippen molar-refractivity contribution in [2.24, 2.45) is 0 Å². The van der Waals surface area contributed by atoms with E-state index in [4.69, 9.17) is 0 Å². The maximum atomic E-state index is 13.3. The normalized spacial score (nSPS) is 18.3. The molecule has 0 spiro atoms. The lowest BCUT2D eigenvalue weighted by atomic mass is 10.3. The number of benzene rings is 1. The first-order valence-electron chi connectivity index (χ1n) is 7.10. The summed E-state index contributed by atoms with van der Waals surface area (Å²) in [4.78, 5) is 11.1. The third kappa shape index (κ3) is 2.61. The monoisotopic (exact) mass is 377 g/mol. The summed E-state index contributed by atoms with van der Waals surface area (Å²) in [5, 5.41) is 0.955. The van der Waals surface area contributed by atoms with Crippen LogP contribution in [-0.2, 0) is 0 Å². The molecule has 1 atom stereocenters. The zero-order valence-corrected chi connectivity index (χ0v) is 14.1. The highest BCUT2D eigenvalue weighted by molar-refractivity contribution is 9.10. The van der Waals surface area contributed by atoms with Crippen LogP contribution in [0.3, 0.4) is 0 Å². The largest absolute Gasteiger partial charge is 0.354 e. The van der Waals surface area contributed by atoms with Crippen molar-refractivity contribution in [1.82, 2.24) is 9.97 Å². The Morgan fingerprint density at radius 2 is 2.18 bits per heavy atom. The molecule has 3 nitrogen and oxygen atoms in total. The number of hydrogen-bond acceptors (Lipinski definition) is 4. The Balaban J connectivity index is 1.64. The van der Waals surface area contributed by atoms with Gasteiger partial charge in [0.15, 0.2) is 0 Å². The van der Waals surface area contributed by atoms with E-state index in [1.165, 1.54) is 0 Å². The van der Waals surface area contributed by atoms with Gasteiger partial charge in [0.05, 0.1) is 16.8 Å². The predicted molar refractivity (Wildman–Crippen MR) is 92.3 cm³/mol. The number of rotatable bonds is 2. The molecule has 0 saturated carbocycles. The van der Waals surface area contributed by atoms with Gasteiger partial charge >= 0.3 is 0 Å². The van der Waals surface area contributed by atoms with Crippen LogP contribution in [0.25, 0.3) is 20.8 Å². The average molecular weight is 378 g/mol. The Morgan fingerprint density at radius 3 is 2.91 bits per heavy atom. The van der Waals surface area contributed by atoms with Crippen molar-refractivity contribution in [2.75, 3.05) is 18.0 Å². The Bertz CT molecular complexity index is 818. The van der Waals surface area contributed by atoms with Crippen LogP contribution < -0.4 is 4.90 Å². The lowest BCUT2D eigenvalue weighted by molar-refractivity contribution is 0.364. The summed E-state index contributed by atoms with van der Waals surface area (Å²) in [5.41, 5.74) is 1.99. The minimum Gasteiger partial charge on any atom is -0.354 e. The second-order valence-electron chi connectivity index (χ2n) is 5.37. The first kappa shape index (κ1) is 14.1. The maximum absolute atomic E-state index is 13.3. The fourth-order valence-corrected chi connectivity index (χ4v) is 4.15. The van der Waals surface area contributed by atoms with Crippen LogP contribution in [0.15, 0.2) is 41.0 Å². The van der Waals surface area contributed by atoms with Crippen molar-refractivity contribution in [3.05, 3.63) is 41.0 Å². The van der Waals surface area contributed by atoms with Crippen molar-refractivity contribution in [3.8, 4) is 10.6 Å². The van der Waals surface area contributed by atoms with E-state index in [9.17, 15) is 4.39 Å². The zero-order chi connectivity index (χ0) is 15.1. The number of aromatic nitrogens is 2. The minimum absolute atomic E-state index is 0.446. The standard InChI is InChI=1S/C16H13BrFN3S/c17-11-2-3-13-14(7-11)22-16(20-13)10-1-4-15(19-8-10)21-6-5-12(18)9-21/h1-4,7-8,12H,5-6,9H2. The van der Waals surface area contributed by atoms with Gasteiger partial charge in [-0.05, 0) is 36.8 Å². The number of anilines is 1. The molecule has 2 aromatic heterocycles. The molecule has 1 aliphatic rings. The van der Waals surface area contributed by atoms with E-state index in [2.05, 4.69) is 32.0 Å². The van der Waals surface area contributed by atoms with Crippen LogP contribution in [0.4, 0.5) is 10.2 Å². The molecular formula is C16H13BrFN3S. The summed E-state index contributed by atoms with van der Waals surface area (Å²) in [6.45, 7) is 1.18. The van der Waals surface area contributed by atoms with Crippen LogP contribution in [0.5, 0.6) is 0 Å². The summed E-state index contributed by atoms with van der Waals surface area (Å²) in [5.74, 6) is 0.841. The first-order chi connectivity index (χ1) is 10.7. The Labute approximate surface area is 139 Å². The summed E-state index contributed by atoms with van der Waals surface area (Å²) in [6.07, 6.45) is 1.69. The van der Waals surface area contributed by atoms with Gasteiger partial charge in [-0.1, -0.05) is 15.9 Å². The second kappa shape index (κ2) is 5.59. The molecule has 0 radical (unpaired) electrons. The van der Waals surface area contributed by atoms with Gasteiger partial charge in [-0.2, -0.15) is 0 Å². The molecule has 0 amide bonds. The highest BCUT2D eigenvalue weighted by Crippen LogP contribution is 2.32. The fraction of sp³-hybridized carbons (Fsp3) is 0.250. The fourth-order valence-electron chi connectivity index (χ4n) is 2.65. The summed E-state index contributed by atoms with van der Waals surface area (Å²) < 4.78 is 15.5. The number of fused-ring (bicyclic) bond motifs is 1. The van der Waals surface area contributed by atoms with E-state index in [0.29, 0.717) is 13.0 Å². The molecule has 22 heavy (non-hydrogen) atoms. The topological polar surface area (TPSA) is 29.0 Å². The minimum atomic E-state index is -0.732. The Hall–Kier alpha value is -1.53. The van der Waals surface area contributed by atoms with Crippen molar-refractivity contribution in [1.29, 1.82) is 0 Å². The third-order valence-electron chi connectivity index (χ3n) is 3.80. The maximum Gasteiger partial charge on any atom is 0.128 e. The van der Waals surface area contributed by atoms with Crippen LogP contribution >= 0.6 is 27.3 Å². The quantitative estimate of drug-likeness (QED) is 0.649. The molecule has 0 aliphatic carbocycles. The zero-order valence-electron chi connectivity index (χ0n) is 11.7. The van der Waals surface area contributed by atoms with Gasteiger partial charge < -0.3 is 4.90 Å². The van der Waals surface area contributed by atoms with Crippen molar-refractivity contribution >= 4 is 43.3 Å². The van der Waals surface area contributed by atoms with Gasteiger partial charge in [0, 0.05) is 22.8 Å². The second-order valence-corrected chi connectivity index (χ2v) is 7.31. The van der Waals surface area contributed by atoms with Gasteiger partial charge in [0.1, 0.15) is 17.0 Å². The molecule has 1 unspecified atom stereocenters. The number of halogens is 2. The number of hydrogen-bond donors (Lipinski definition) is 0. The Kier molecular flexibility index (Phi) is 3.58. The van der Waals surface area contributed by atoms with E-state index in [0.717, 1.165) is 37.6 Å². The van der Waals surface area contributed by atoms with Gasteiger partial charge in [-0.15, -0.1) is 11.3 Å². The molecule has 4 rings (SSSR count). The first-order valence-corrected chi connectivity index (χ1v) is 8.71. The number of thiazole rings is 1. The average Bonchev–Trinajstić information content (AvgIpc) is 3.13. The Morgan fingerprint density at radius 1 is 1.27 bits per heavy atom. The number of alkyl halides is 1. The summed E-state index contributed by atoms with van der Waals surface area (Å²) in [6, 6.07) is 10.0. The SMILES string of the molecule is FC1CCN(c2ccc(-c3nc4ccc(Br)cc4s3)cn2)C1.